The summed E-state index contributed by atoms with van der Waals surface area (Å²) in [4.78, 5) is 4.04. The summed E-state index contributed by atoms with van der Waals surface area (Å²) in [5.74, 6) is 0.582. The van der Waals surface area contributed by atoms with Gasteiger partial charge in [-0.05, 0) is 29.7 Å². The Morgan fingerprint density at radius 3 is 2.27 bits per heavy atom. The second-order valence-corrected chi connectivity index (χ2v) is 4.80. The van der Waals surface area contributed by atoms with Gasteiger partial charge in [0.25, 0.3) is 0 Å². The highest BCUT2D eigenvalue weighted by atomic mass is 19.4. The summed E-state index contributed by atoms with van der Waals surface area (Å²) in [7, 11) is 1.50. The Hall–Kier alpha value is -2.56. The molecule has 0 radical (unpaired) electrons. The van der Waals surface area contributed by atoms with Crippen LogP contribution in [0.2, 0.25) is 0 Å². The van der Waals surface area contributed by atoms with Gasteiger partial charge in [0.15, 0.2) is 0 Å². The van der Waals surface area contributed by atoms with E-state index in [-0.39, 0.29) is 11.1 Å². The largest absolute Gasteiger partial charge is 0.497 e. The molecule has 2 nitrogen and oxygen atoms in total. The van der Waals surface area contributed by atoms with Gasteiger partial charge in [0.2, 0.25) is 0 Å². The fraction of sp³-hybridized carbons (Fsp3) is 0.118. The first-order chi connectivity index (χ1) is 10.5. The monoisotopic (exact) mass is 303 g/mol. The number of rotatable bonds is 2. The van der Waals surface area contributed by atoms with E-state index in [9.17, 15) is 13.2 Å². The topological polar surface area (TPSA) is 22.1 Å². The molecule has 0 N–H and O–H groups in total. The standard InChI is InChI=1S/C17H12F3NO/c1-22-13-8-6-11(7-9-13)16-15(17(18,19)20)14-5-3-2-4-12(14)10-21-16/h2-10H,1H3. The highest BCUT2D eigenvalue weighted by Crippen LogP contribution is 2.40. The van der Waals surface area contributed by atoms with Crippen LogP contribution >= 0.6 is 0 Å². The molecule has 0 unspecified atom stereocenters. The maximum atomic E-state index is 13.5. The summed E-state index contributed by atoms with van der Waals surface area (Å²) in [5.41, 5.74) is -0.386. The molecule has 2 aromatic carbocycles. The molecule has 0 aliphatic carbocycles. The van der Waals surface area contributed by atoms with E-state index in [1.807, 2.05) is 0 Å². The van der Waals surface area contributed by atoms with Crippen molar-refractivity contribution < 1.29 is 17.9 Å². The smallest absolute Gasteiger partial charge is 0.419 e. The highest BCUT2D eigenvalue weighted by molar-refractivity contribution is 5.90. The van der Waals surface area contributed by atoms with Gasteiger partial charge in [-0.25, -0.2) is 0 Å². The van der Waals surface area contributed by atoms with Crippen molar-refractivity contribution in [1.29, 1.82) is 0 Å². The van der Waals surface area contributed by atoms with Gasteiger partial charge in [-0.3, -0.25) is 4.98 Å². The predicted molar refractivity (Wildman–Crippen MR) is 78.7 cm³/mol. The number of aromatic nitrogens is 1. The Labute approximate surface area is 125 Å². The summed E-state index contributed by atoms with van der Waals surface area (Å²) >= 11 is 0. The molecule has 3 aromatic rings. The minimum atomic E-state index is -4.48. The van der Waals surface area contributed by atoms with Crippen molar-refractivity contribution in [3.05, 3.63) is 60.3 Å². The number of alkyl halides is 3. The van der Waals surface area contributed by atoms with E-state index in [4.69, 9.17) is 4.74 Å². The zero-order chi connectivity index (χ0) is 15.7. The van der Waals surface area contributed by atoms with Crippen molar-refractivity contribution in [3.8, 4) is 17.0 Å². The Morgan fingerprint density at radius 2 is 1.64 bits per heavy atom. The normalized spacial score (nSPS) is 11.6. The van der Waals surface area contributed by atoms with Crippen LogP contribution in [0.4, 0.5) is 13.2 Å². The van der Waals surface area contributed by atoms with Gasteiger partial charge in [-0.1, -0.05) is 24.3 Å². The van der Waals surface area contributed by atoms with E-state index >= 15 is 0 Å². The first kappa shape index (κ1) is 14.4. The molecular formula is C17H12F3NO. The van der Waals surface area contributed by atoms with Crippen LogP contribution in [0.3, 0.4) is 0 Å². The van der Waals surface area contributed by atoms with Crippen molar-refractivity contribution in [2.24, 2.45) is 0 Å². The summed E-state index contributed by atoms with van der Waals surface area (Å²) in [6.45, 7) is 0. The average molecular weight is 303 g/mol. The van der Waals surface area contributed by atoms with Gasteiger partial charge in [0.05, 0.1) is 18.4 Å². The molecule has 0 amide bonds. The van der Waals surface area contributed by atoms with E-state index in [0.29, 0.717) is 16.7 Å². The van der Waals surface area contributed by atoms with Gasteiger partial charge >= 0.3 is 6.18 Å². The second-order valence-electron chi connectivity index (χ2n) is 4.80. The number of benzene rings is 2. The van der Waals surface area contributed by atoms with Crippen LogP contribution in [0.1, 0.15) is 5.56 Å². The molecule has 0 atom stereocenters. The Morgan fingerprint density at radius 1 is 0.955 bits per heavy atom. The van der Waals surface area contributed by atoms with E-state index in [1.54, 1.807) is 42.5 Å². The van der Waals surface area contributed by atoms with E-state index in [1.165, 1.54) is 19.4 Å². The Balaban J connectivity index is 2.28. The third-order valence-electron chi connectivity index (χ3n) is 3.45. The van der Waals surface area contributed by atoms with Crippen molar-refractivity contribution in [2.45, 2.75) is 6.18 Å². The number of halogens is 3. The minimum Gasteiger partial charge on any atom is -0.497 e. The molecule has 5 heteroatoms. The van der Waals surface area contributed by atoms with E-state index in [0.717, 1.165) is 0 Å². The van der Waals surface area contributed by atoms with Gasteiger partial charge in [-0.15, -0.1) is 0 Å². The van der Waals surface area contributed by atoms with Crippen LogP contribution in [0.5, 0.6) is 5.75 Å². The predicted octanol–water partition coefficient (Wildman–Crippen LogP) is 4.93. The van der Waals surface area contributed by atoms with Crippen LogP contribution in [0, 0.1) is 0 Å². The lowest BCUT2D eigenvalue weighted by molar-refractivity contribution is -0.136. The first-order valence-corrected chi connectivity index (χ1v) is 6.60. The molecule has 0 aliphatic heterocycles. The van der Waals surface area contributed by atoms with Crippen LogP contribution in [0.15, 0.2) is 54.7 Å². The number of pyridine rings is 1. The van der Waals surface area contributed by atoms with Crippen LogP contribution < -0.4 is 4.74 Å². The molecule has 0 aliphatic rings. The third kappa shape index (κ3) is 2.50. The maximum Gasteiger partial charge on any atom is 0.419 e. The quantitative estimate of drug-likeness (QED) is 0.669. The van der Waals surface area contributed by atoms with E-state index < -0.39 is 11.7 Å². The molecular weight excluding hydrogens is 291 g/mol. The summed E-state index contributed by atoms with van der Waals surface area (Å²) in [6.07, 6.45) is -3.02. The number of fused-ring (bicyclic) bond motifs is 1. The first-order valence-electron chi connectivity index (χ1n) is 6.60. The summed E-state index contributed by atoms with van der Waals surface area (Å²) < 4.78 is 45.7. The van der Waals surface area contributed by atoms with Crippen molar-refractivity contribution in [2.75, 3.05) is 7.11 Å². The number of methoxy groups -OCH3 is 1. The van der Waals surface area contributed by atoms with Crippen molar-refractivity contribution in [1.82, 2.24) is 4.98 Å². The number of nitrogens with zero attached hydrogens (tertiary/aromatic N) is 1. The Kier molecular flexibility index (Phi) is 3.48. The highest BCUT2D eigenvalue weighted by Gasteiger charge is 2.36. The van der Waals surface area contributed by atoms with Gasteiger partial charge in [0, 0.05) is 17.1 Å². The molecule has 0 saturated heterocycles. The zero-order valence-corrected chi connectivity index (χ0v) is 11.7. The Bertz CT molecular complexity index is 810. The number of hydrogen-bond donors (Lipinski definition) is 0. The van der Waals surface area contributed by atoms with Crippen LogP contribution in [-0.2, 0) is 6.18 Å². The maximum absolute atomic E-state index is 13.5. The second kappa shape index (κ2) is 5.33. The van der Waals surface area contributed by atoms with Gasteiger partial charge < -0.3 is 4.74 Å². The molecule has 0 saturated carbocycles. The molecule has 1 aromatic heterocycles. The molecule has 0 spiro atoms. The fourth-order valence-electron chi connectivity index (χ4n) is 2.42. The average Bonchev–Trinajstić information content (AvgIpc) is 2.53. The lowest BCUT2D eigenvalue weighted by atomic mass is 9.99. The lowest BCUT2D eigenvalue weighted by Crippen LogP contribution is -2.09. The molecule has 3 rings (SSSR count). The van der Waals surface area contributed by atoms with Gasteiger partial charge in [0.1, 0.15) is 5.75 Å². The SMILES string of the molecule is COc1ccc(-c2ncc3ccccc3c2C(F)(F)F)cc1. The molecule has 112 valence electrons. The molecule has 22 heavy (non-hydrogen) atoms. The summed E-state index contributed by atoms with van der Waals surface area (Å²) in [6, 6.07) is 12.8. The van der Waals surface area contributed by atoms with Crippen molar-refractivity contribution in [3.63, 3.8) is 0 Å². The zero-order valence-electron chi connectivity index (χ0n) is 11.7. The van der Waals surface area contributed by atoms with Crippen LogP contribution in [-0.4, -0.2) is 12.1 Å². The van der Waals surface area contributed by atoms with Crippen LogP contribution in [0.25, 0.3) is 22.0 Å². The van der Waals surface area contributed by atoms with E-state index in [2.05, 4.69) is 4.98 Å². The van der Waals surface area contributed by atoms with Gasteiger partial charge in [-0.2, -0.15) is 13.2 Å². The summed E-state index contributed by atoms with van der Waals surface area (Å²) in [5, 5.41) is 0.614. The number of ether oxygens (including phenoxy) is 1. The molecule has 1 heterocycles. The van der Waals surface area contributed by atoms with Crippen molar-refractivity contribution >= 4 is 10.8 Å². The lowest BCUT2D eigenvalue weighted by Gasteiger charge is -2.15. The fourth-order valence-corrected chi connectivity index (χ4v) is 2.42. The third-order valence-corrected chi connectivity index (χ3v) is 3.45. The molecule has 0 fully saturated rings. The molecule has 0 bridgehead atoms. The number of hydrogen-bond acceptors (Lipinski definition) is 2. The minimum absolute atomic E-state index is 0.0751.